The second-order valence-corrected chi connectivity index (χ2v) is 5.70. The van der Waals surface area contributed by atoms with E-state index in [0.29, 0.717) is 13.2 Å². The van der Waals surface area contributed by atoms with Gasteiger partial charge in [0.25, 0.3) is 0 Å². The van der Waals surface area contributed by atoms with Gasteiger partial charge in [0.05, 0.1) is 12.6 Å². The lowest BCUT2D eigenvalue weighted by Crippen LogP contribution is -2.42. The molecule has 1 aromatic rings. The number of carbonyl (C=O) groups excluding carboxylic acids is 2. The second-order valence-electron chi connectivity index (χ2n) is 5.70. The predicted molar refractivity (Wildman–Crippen MR) is 114 cm³/mol. The van der Waals surface area contributed by atoms with Crippen LogP contribution in [0.2, 0.25) is 0 Å². The zero-order chi connectivity index (χ0) is 21.1. The van der Waals surface area contributed by atoms with E-state index in [4.69, 9.17) is 4.74 Å². The molecule has 2 amide bonds. The van der Waals surface area contributed by atoms with Crippen molar-refractivity contribution in [3.63, 3.8) is 0 Å². The average molecular weight is 381 g/mol. The summed E-state index contributed by atoms with van der Waals surface area (Å²) in [6.07, 6.45) is 3.02. The van der Waals surface area contributed by atoms with Crippen LogP contribution >= 0.6 is 0 Å². The minimum Gasteiger partial charge on any atom is -0.377 e. The van der Waals surface area contributed by atoms with Crippen molar-refractivity contribution in [3.05, 3.63) is 35.9 Å². The van der Waals surface area contributed by atoms with E-state index in [1.54, 1.807) is 7.05 Å². The first kappa shape index (κ1) is 27.3. The third-order valence-electron chi connectivity index (χ3n) is 3.64. The summed E-state index contributed by atoms with van der Waals surface area (Å²) < 4.78 is 5.75. The molecule has 27 heavy (non-hydrogen) atoms. The molecule has 5 nitrogen and oxygen atoms in total. The van der Waals surface area contributed by atoms with E-state index in [2.05, 4.69) is 29.6 Å². The quantitative estimate of drug-likeness (QED) is 0.623. The van der Waals surface area contributed by atoms with Gasteiger partial charge < -0.3 is 15.0 Å². The van der Waals surface area contributed by atoms with Gasteiger partial charge in [0.1, 0.15) is 0 Å². The largest absolute Gasteiger partial charge is 0.377 e. The van der Waals surface area contributed by atoms with Crippen LogP contribution in [0.1, 0.15) is 59.9 Å². The standard InChI is InChI=1S/C18H28N2O3.2C2H6/c1-15(13-20(16(2)21)14-18(22)19-3)23-12-8-7-11-17-9-5-4-6-10-17;2*1-2/h4-6,9-10,15H,7-8,11-14H2,1-3H3,(H,19,22);2*1-2H3. The number of rotatable bonds is 10. The molecule has 0 radical (unpaired) electrons. The molecule has 0 heterocycles. The van der Waals surface area contributed by atoms with Crippen molar-refractivity contribution in [1.82, 2.24) is 10.2 Å². The molecule has 0 saturated carbocycles. The first-order valence-electron chi connectivity index (χ1n) is 10.1. The van der Waals surface area contributed by atoms with Crippen LogP contribution in [0.3, 0.4) is 0 Å². The van der Waals surface area contributed by atoms with Crippen LogP contribution in [0.5, 0.6) is 0 Å². The van der Waals surface area contributed by atoms with Crippen LogP contribution in [0.25, 0.3) is 0 Å². The molecule has 0 aliphatic carbocycles. The molecule has 0 aliphatic heterocycles. The van der Waals surface area contributed by atoms with Crippen LogP contribution in [0, 0.1) is 0 Å². The number of nitrogens with one attached hydrogen (secondary N) is 1. The molecular formula is C22H40N2O3. The van der Waals surface area contributed by atoms with Crippen molar-refractivity contribution in [3.8, 4) is 0 Å². The Morgan fingerprint density at radius 2 is 1.67 bits per heavy atom. The molecule has 0 saturated heterocycles. The molecule has 0 aromatic heterocycles. The number of likely N-dealkylation sites (N-methyl/N-ethyl adjacent to an activating group) is 1. The minimum absolute atomic E-state index is 0.0769. The predicted octanol–water partition coefficient (Wildman–Crippen LogP) is 4.06. The Balaban J connectivity index is 0. The van der Waals surface area contributed by atoms with Gasteiger partial charge in [-0.15, -0.1) is 0 Å². The fourth-order valence-electron chi connectivity index (χ4n) is 2.28. The monoisotopic (exact) mass is 380 g/mol. The summed E-state index contributed by atoms with van der Waals surface area (Å²) in [6.45, 7) is 12.6. The third-order valence-corrected chi connectivity index (χ3v) is 3.64. The van der Waals surface area contributed by atoms with Crippen molar-refractivity contribution in [2.75, 3.05) is 26.7 Å². The van der Waals surface area contributed by atoms with Gasteiger partial charge in [-0.3, -0.25) is 9.59 Å². The summed E-state index contributed by atoms with van der Waals surface area (Å²) >= 11 is 0. The Morgan fingerprint density at radius 1 is 1.07 bits per heavy atom. The lowest BCUT2D eigenvalue weighted by atomic mass is 10.1. The van der Waals surface area contributed by atoms with E-state index in [-0.39, 0.29) is 24.5 Å². The number of carbonyl (C=O) groups is 2. The highest BCUT2D eigenvalue weighted by molar-refractivity contribution is 5.83. The molecule has 0 spiro atoms. The van der Waals surface area contributed by atoms with E-state index in [0.717, 1.165) is 19.3 Å². The molecule has 1 atom stereocenters. The average Bonchev–Trinajstić information content (AvgIpc) is 2.70. The zero-order valence-corrected chi connectivity index (χ0v) is 18.4. The number of amides is 2. The van der Waals surface area contributed by atoms with E-state index in [1.165, 1.54) is 17.4 Å². The van der Waals surface area contributed by atoms with Gasteiger partial charge in [0, 0.05) is 27.1 Å². The Hall–Kier alpha value is -1.88. The number of hydrogen-bond donors (Lipinski definition) is 1. The molecule has 1 unspecified atom stereocenters. The first-order chi connectivity index (χ1) is 13.0. The number of unbranched alkanes of at least 4 members (excludes halogenated alkanes) is 1. The Bertz CT molecular complexity index is 478. The van der Waals surface area contributed by atoms with Crippen LogP contribution in [-0.4, -0.2) is 49.6 Å². The Labute approximate surface area is 166 Å². The highest BCUT2D eigenvalue weighted by atomic mass is 16.5. The van der Waals surface area contributed by atoms with Crippen molar-refractivity contribution in [1.29, 1.82) is 0 Å². The Morgan fingerprint density at radius 3 is 2.19 bits per heavy atom. The topological polar surface area (TPSA) is 58.6 Å². The van der Waals surface area contributed by atoms with Crippen molar-refractivity contribution in [2.24, 2.45) is 0 Å². The number of hydrogen-bond acceptors (Lipinski definition) is 3. The summed E-state index contributed by atoms with van der Waals surface area (Å²) in [5.41, 5.74) is 1.34. The smallest absolute Gasteiger partial charge is 0.239 e. The van der Waals surface area contributed by atoms with E-state index >= 15 is 0 Å². The van der Waals surface area contributed by atoms with Crippen LogP contribution in [0.4, 0.5) is 0 Å². The van der Waals surface area contributed by atoms with Gasteiger partial charge in [-0.05, 0) is 31.7 Å². The van der Waals surface area contributed by atoms with Gasteiger partial charge in [-0.2, -0.15) is 0 Å². The number of aryl methyl sites for hydroxylation is 1. The van der Waals surface area contributed by atoms with Crippen LogP contribution in [-0.2, 0) is 20.7 Å². The molecular weight excluding hydrogens is 340 g/mol. The summed E-state index contributed by atoms with van der Waals surface area (Å²) in [4.78, 5) is 24.5. The molecule has 5 heteroatoms. The molecule has 0 fully saturated rings. The van der Waals surface area contributed by atoms with E-state index in [9.17, 15) is 9.59 Å². The van der Waals surface area contributed by atoms with Gasteiger partial charge in [0.15, 0.2) is 0 Å². The van der Waals surface area contributed by atoms with Gasteiger partial charge in [0.2, 0.25) is 11.8 Å². The van der Waals surface area contributed by atoms with E-state index in [1.807, 2.05) is 40.7 Å². The zero-order valence-electron chi connectivity index (χ0n) is 18.4. The van der Waals surface area contributed by atoms with Gasteiger partial charge in [-0.25, -0.2) is 0 Å². The normalized spacial score (nSPS) is 10.5. The first-order valence-corrected chi connectivity index (χ1v) is 10.1. The molecule has 156 valence electrons. The summed E-state index contributed by atoms with van der Waals surface area (Å²) in [5, 5.41) is 2.53. The fourth-order valence-corrected chi connectivity index (χ4v) is 2.28. The molecule has 1 N–H and O–H groups in total. The van der Waals surface area contributed by atoms with Crippen molar-refractivity contribution < 1.29 is 14.3 Å². The number of ether oxygens (including phenoxy) is 1. The van der Waals surface area contributed by atoms with Gasteiger partial charge >= 0.3 is 0 Å². The summed E-state index contributed by atoms with van der Waals surface area (Å²) in [7, 11) is 1.56. The number of nitrogens with zero attached hydrogens (tertiary/aromatic N) is 1. The fraction of sp³-hybridized carbons (Fsp3) is 0.636. The summed E-state index contributed by atoms with van der Waals surface area (Å²) in [5.74, 6) is -0.289. The highest BCUT2D eigenvalue weighted by Crippen LogP contribution is 2.06. The Kier molecular flexibility index (Phi) is 19.1. The lowest BCUT2D eigenvalue weighted by Gasteiger charge is -2.24. The molecule has 1 rings (SSSR count). The molecule has 1 aromatic carbocycles. The molecule has 0 bridgehead atoms. The maximum absolute atomic E-state index is 11.6. The maximum atomic E-state index is 11.6. The molecule has 0 aliphatic rings. The van der Waals surface area contributed by atoms with Gasteiger partial charge in [-0.1, -0.05) is 58.0 Å². The number of benzene rings is 1. The van der Waals surface area contributed by atoms with Crippen LogP contribution < -0.4 is 5.32 Å². The van der Waals surface area contributed by atoms with Crippen molar-refractivity contribution >= 4 is 11.8 Å². The minimum atomic E-state index is -0.171. The summed E-state index contributed by atoms with van der Waals surface area (Å²) in [6, 6.07) is 10.4. The van der Waals surface area contributed by atoms with E-state index < -0.39 is 0 Å². The maximum Gasteiger partial charge on any atom is 0.239 e. The van der Waals surface area contributed by atoms with Crippen molar-refractivity contribution in [2.45, 2.75) is 66.9 Å². The SMILES string of the molecule is CC.CC.CNC(=O)CN(CC(C)OCCCCc1ccccc1)C(C)=O. The third kappa shape index (κ3) is 14.9. The lowest BCUT2D eigenvalue weighted by molar-refractivity contribution is -0.135. The second kappa shape index (κ2) is 18.9. The van der Waals surface area contributed by atoms with Crippen LogP contribution in [0.15, 0.2) is 30.3 Å². The highest BCUT2D eigenvalue weighted by Gasteiger charge is 2.16.